The Morgan fingerprint density at radius 3 is 2.55 bits per heavy atom. The third-order valence-corrected chi connectivity index (χ3v) is 3.51. The first-order chi connectivity index (χ1) is 9.71. The van der Waals surface area contributed by atoms with Gasteiger partial charge in [-0.1, -0.05) is 39.2 Å². The highest BCUT2D eigenvalue weighted by Gasteiger charge is 2.08. The standard InChI is InChI=1S/C17H29NO2/c1-4-6-7-8-11-20-16-10-9-14(12-15(18)5-2)13-17(16)19-3/h9-10,13,15H,4-8,11-12,18H2,1-3H3. The Morgan fingerprint density at radius 2 is 1.90 bits per heavy atom. The molecule has 114 valence electrons. The van der Waals surface area contributed by atoms with E-state index in [-0.39, 0.29) is 6.04 Å². The normalized spacial score (nSPS) is 12.2. The molecule has 0 aromatic heterocycles. The molecule has 0 aliphatic rings. The number of methoxy groups -OCH3 is 1. The lowest BCUT2D eigenvalue weighted by atomic mass is 10.0. The van der Waals surface area contributed by atoms with E-state index in [0.29, 0.717) is 0 Å². The quantitative estimate of drug-likeness (QED) is 0.660. The van der Waals surface area contributed by atoms with Crippen molar-refractivity contribution in [3.8, 4) is 11.5 Å². The third kappa shape index (κ3) is 5.83. The highest BCUT2D eigenvalue weighted by Crippen LogP contribution is 2.28. The number of unbranched alkanes of at least 4 members (excludes halogenated alkanes) is 3. The summed E-state index contributed by atoms with van der Waals surface area (Å²) >= 11 is 0. The summed E-state index contributed by atoms with van der Waals surface area (Å²) in [7, 11) is 1.68. The summed E-state index contributed by atoms with van der Waals surface area (Å²) in [5.74, 6) is 1.64. The minimum Gasteiger partial charge on any atom is -0.493 e. The van der Waals surface area contributed by atoms with Gasteiger partial charge in [-0.05, 0) is 37.0 Å². The molecular weight excluding hydrogens is 250 g/mol. The first kappa shape index (κ1) is 16.8. The minimum absolute atomic E-state index is 0.209. The molecule has 1 atom stereocenters. The SMILES string of the molecule is CCCCCCOc1ccc(CC(N)CC)cc1OC. The number of rotatable bonds is 10. The zero-order chi connectivity index (χ0) is 14.8. The minimum atomic E-state index is 0.209. The molecule has 0 aliphatic heterocycles. The monoisotopic (exact) mass is 279 g/mol. The number of hydrogen-bond donors (Lipinski definition) is 1. The molecule has 2 N–H and O–H groups in total. The van der Waals surface area contributed by atoms with Gasteiger partial charge in [-0.2, -0.15) is 0 Å². The van der Waals surface area contributed by atoms with Crippen LogP contribution in [0.3, 0.4) is 0 Å². The van der Waals surface area contributed by atoms with E-state index in [1.165, 1.54) is 24.8 Å². The average molecular weight is 279 g/mol. The van der Waals surface area contributed by atoms with Crippen LogP contribution >= 0.6 is 0 Å². The maximum absolute atomic E-state index is 5.99. The molecule has 1 aromatic rings. The second-order valence-corrected chi connectivity index (χ2v) is 5.27. The molecule has 0 saturated heterocycles. The topological polar surface area (TPSA) is 44.5 Å². The molecule has 0 aliphatic carbocycles. The highest BCUT2D eigenvalue weighted by molar-refractivity contribution is 5.43. The van der Waals surface area contributed by atoms with E-state index in [2.05, 4.69) is 19.9 Å². The number of ether oxygens (including phenoxy) is 2. The van der Waals surface area contributed by atoms with Gasteiger partial charge in [-0.3, -0.25) is 0 Å². The molecule has 0 heterocycles. The van der Waals surface area contributed by atoms with Crippen molar-refractivity contribution in [1.29, 1.82) is 0 Å². The zero-order valence-electron chi connectivity index (χ0n) is 13.2. The lowest BCUT2D eigenvalue weighted by molar-refractivity contribution is 0.285. The first-order valence-electron chi connectivity index (χ1n) is 7.76. The Labute approximate surface area is 123 Å². The van der Waals surface area contributed by atoms with Crippen molar-refractivity contribution in [2.24, 2.45) is 5.73 Å². The highest BCUT2D eigenvalue weighted by atomic mass is 16.5. The van der Waals surface area contributed by atoms with Gasteiger partial charge in [-0.15, -0.1) is 0 Å². The lowest BCUT2D eigenvalue weighted by Gasteiger charge is -2.14. The maximum Gasteiger partial charge on any atom is 0.161 e. The summed E-state index contributed by atoms with van der Waals surface area (Å²) in [4.78, 5) is 0. The van der Waals surface area contributed by atoms with Gasteiger partial charge in [0.25, 0.3) is 0 Å². The van der Waals surface area contributed by atoms with Crippen LogP contribution in [0.25, 0.3) is 0 Å². The zero-order valence-corrected chi connectivity index (χ0v) is 13.2. The Kier molecular flexibility index (Phi) is 8.12. The van der Waals surface area contributed by atoms with Crippen LogP contribution in [-0.2, 0) is 6.42 Å². The van der Waals surface area contributed by atoms with Crippen molar-refractivity contribution in [2.45, 2.75) is 58.4 Å². The first-order valence-corrected chi connectivity index (χ1v) is 7.76. The van der Waals surface area contributed by atoms with Gasteiger partial charge < -0.3 is 15.2 Å². The number of benzene rings is 1. The Morgan fingerprint density at radius 1 is 1.10 bits per heavy atom. The number of nitrogens with two attached hydrogens (primary N) is 1. The molecule has 0 spiro atoms. The fourth-order valence-corrected chi connectivity index (χ4v) is 2.12. The molecule has 3 heteroatoms. The molecule has 0 amide bonds. The van der Waals surface area contributed by atoms with Gasteiger partial charge in [0.15, 0.2) is 11.5 Å². The summed E-state index contributed by atoms with van der Waals surface area (Å²) < 4.78 is 11.2. The summed E-state index contributed by atoms with van der Waals surface area (Å²) in [5.41, 5.74) is 7.19. The van der Waals surface area contributed by atoms with Crippen molar-refractivity contribution in [2.75, 3.05) is 13.7 Å². The molecule has 0 fully saturated rings. The van der Waals surface area contributed by atoms with Gasteiger partial charge in [0.1, 0.15) is 0 Å². The van der Waals surface area contributed by atoms with E-state index in [1.54, 1.807) is 7.11 Å². The Bertz CT molecular complexity index is 379. The van der Waals surface area contributed by atoms with Crippen LogP contribution in [0.5, 0.6) is 11.5 Å². The van der Waals surface area contributed by atoms with Crippen LogP contribution in [0, 0.1) is 0 Å². The van der Waals surface area contributed by atoms with E-state index in [4.69, 9.17) is 15.2 Å². The molecule has 3 nitrogen and oxygen atoms in total. The van der Waals surface area contributed by atoms with Gasteiger partial charge in [0, 0.05) is 6.04 Å². The van der Waals surface area contributed by atoms with E-state index in [1.807, 2.05) is 12.1 Å². The summed E-state index contributed by atoms with van der Waals surface area (Å²) in [6.45, 7) is 5.07. The Hall–Kier alpha value is -1.22. The fraction of sp³-hybridized carbons (Fsp3) is 0.647. The van der Waals surface area contributed by atoms with Gasteiger partial charge in [0.2, 0.25) is 0 Å². The molecular formula is C17H29NO2. The number of hydrogen-bond acceptors (Lipinski definition) is 3. The fourth-order valence-electron chi connectivity index (χ4n) is 2.12. The summed E-state index contributed by atoms with van der Waals surface area (Å²) in [6.07, 6.45) is 6.70. The molecule has 1 aromatic carbocycles. The van der Waals surface area contributed by atoms with Crippen LogP contribution in [0.2, 0.25) is 0 Å². The van der Waals surface area contributed by atoms with Crippen LogP contribution in [0.1, 0.15) is 51.5 Å². The molecule has 1 unspecified atom stereocenters. The van der Waals surface area contributed by atoms with Gasteiger partial charge >= 0.3 is 0 Å². The second-order valence-electron chi connectivity index (χ2n) is 5.27. The molecule has 0 saturated carbocycles. The van der Waals surface area contributed by atoms with E-state index in [9.17, 15) is 0 Å². The van der Waals surface area contributed by atoms with E-state index >= 15 is 0 Å². The van der Waals surface area contributed by atoms with Crippen LogP contribution < -0.4 is 15.2 Å². The van der Waals surface area contributed by atoms with Crippen molar-refractivity contribution in [3.05, 3.63) is 23.8 Å². The molecule has 20 heavy (non-hydrogen) atoms. The predicted molar refractivity (Wildman–Crippen MR) is 84.6 cm³/mol. The van der Waals surface area contributed by atoms with Gasteiger partial charge in [-0.25, -0.2) is 0 Å². The largest absolute Gasteiger partial charge is 0.493 e. The van der Waals surface area contributed by atoms with Crippen molar-refractivity contribution >= 4 is 0 Å². The third-order valence-electron chi connectivity index (χ3n) is 3.51. The summed E-state index contributed by atoms with van der Waals surface area (Å²) in [6, 6.07) is 6.33. The average Bonchev–Trinajstić information content (AvgIpc) is 2.47. The van der Waals surface area contributed by atoms with Crippen molar-refractivity contribution < 1.29 is 9.47 Å². The van der Waals surface area contributed by atoms with Gasteiger partial charge in [0.05, 0.1) is 13.7 Å². The maximum atomic E-state index is 5.99. The van der Waals surface area contributed by atoms with Crippen molar-refractivity contribution in [1.82, 2.24) is 0 Å². The lowest BCUT2D eigenvalue weighted by Crippen LogP contribution is -2.21. The molecule has 0 bridgehead atoms. The van der Waals surface area contributed by atoms with Crippen molar-refractivity contribution in [3.63, 3.8) is 0 Å². The van der Waals surface area contributed by atoms with Crippen LogP contribution in [-0.4, -0.2) is 19.8 Å². The molecule has 1 rings (SSSR count). The smallest absolute Gasteiger partial charge is 0.161 e. The van der Waals surface area contributed by atoms with Crippen LogP contribution in [0.15, 0.2) is 18.2 Å². The Balaban J connectivity index is 2.54. The van der Waals surface area contributed by atoms with E-state index in [0.717, 1.165) is 37.4 Å². The summed E-state index contributed by atoms with van der Waals surface area (Å²) in [5, 5.41) is 0. The molecule has 0 radical (unpaired) electrons. The second kappa shape index (κ2) is 9.65. The predicted octanol–water partition coefficient (Wildman–Crippen LogP) is 3.93. The van der Waals surface area contributed by atoms with Crippen LogP contribution in [0.4, 0.5) is 0 Å². The van der Waals surface area contributed by atoms with E-state index < -0.39 is 0 Å².